The van der Waals surface area contributed by atoms with Gasteiger partial charge in [0, 0.05) is 11.3 Å². The number of rotatable bonds is 5. The molecule has 0 bridgehead atoms. The van der Waals surface area contributed by atoms with Crippen molar-refractivity contribution in [2.45, 2.75) is 47.1 Å². The SMILES string of the molecule is CCc1ccc(C2NC(=O)N(c3ccc(C)c(C)c3)C(C)=C2c2nc(-c3ccc(C)cc3)no2)cc1. The van der Waals surface area contributed by atoms with Crippen molar-refractivity contribution < 1.29 is 9.32 Å². The lowest BCUT2D eigenvalue weighted by Crippen LogP contribution is -2.46. The first-order valence-corrected chi connectivity index (χ1v) is 12.2. The van der Waals surface area contributed by atoms with Gasteiger partial charge < -0.3 is 9.84 Å². The second-order valence-electron chi connectivity index (χ2n) is 9.37. The molecule has 5 rings (SSSR count). The summed E-state index contributed by atoms with van der Waals surface area (Å²) in [5, 5.41) is 7.46. The van der Waals surface area contributed by atoms with Gasteiger partial charge in [-0.3, -0.25) is 4.90 Å². The molecule has 0 aliphatic carbocycles. The maximum Gasteiger partial charge on any atom is 0.326 e. The van der Waals surface area contributed by atoms with Crippen LogP contribution in [0.15, 0.2) is 77.0 Å². The van der Waals surface area contributed by atoms with E-state index in [2.05, 4.69) is 48.6 Å². The van der Waals surface area contributed by atoms with Gasteiger partial charge in [0.2, 0.25) is 5.82 Å². The minimum Gasteiger partial charge on any atom is -0.334 e. The summed E-state index contributed by atoms with van der Waals surface area (Å²) in [5.74, 6) is 0.904. The highest BCUT2D eigenvalue weighted by atomic mass is 16.5. The van der Waals surface area contributed by atoms with Gasteiger partial charge in [-0.05, 0) is 68.5 Å². The number of nitrogens with zero attached hydrogens (tertiary/aromatic N) is 3. The van der Waals surface area contributed by atoms with E-state index in [9.17, 15) is 4.79 Å². The van der Waals surface area contributed by atoms with Crippen LogP contribution in [0.25, 0.3) is 17.0 Å². The highest BCUT2D eigenvalue weighted by Gasteiger charge is 2.36. The van der Waals surface area contributed by atoms with Crippen molar-refractivity contribution in [3.8, 4) is 11.4 Å². The van der Waals surface area contributed by atoms with Crippen LogP contribution in [0.3, 0.4) is 0 Å². The molecule has 1 aromatic heterocycles. The Labute approximate surface area is 211 Å². The summed E-state index contributed by atoms with van der Waals surface area (Å²) in [5.41, 5.74) is 8.86. The zero-order chi connectivity index (χ0) is 25.4. The molecule has 3 aromatic carbocycles. The molecule has 1 atom stereocenters. The number of aryl methyl sites for hydroxylation is 4. The fourth-order valence-electron chi connectivity index (χ4n) is 4.54. The molecule has 0 spiro atoms. The van der Waals surface area contributed by atoms with Crippen molar-refractivity contribution in [1.82, 2.24) is 15.5 Å². The summed E-state index contributed by atoms with van der Waals surface area (Å²) in [4.78, 5) is 19.9. The van der Waals surface area contributed by atoms with Gasteiger partial charge in [-0.2, -0.15) is 4.98 Å². The fraction of sp³-hybridized carbons (Fsp3) is 0.233. The smallest absolute Gasteiger partial charge is 0.326 e. The van der Waals surface area contributed by atoms with Gasteiger partial charge in [0.05, 0.1) is 17.3 Å². The standard InChI is InChI=1S/C30H30N4O2/c1-6-22-10-14-23(15-11-22)27-26(29-32-28(33-36-29)24-12-7-18(2)8-13-24)21(5)34(30(35)31-27)25-16-9-19(3)20(4)17-25/h7-17,27H,6H2,1-5H3,(H,31,35). The van der Waals surface area contributed by atoms with Crippen LogP contribution >= 0.6 is 0 Å². The number of urea groups is 1. The van der Waals surface area contributed by atoms with Gasteiger partial charge in [0.25, 0.3) is 5.89 Å². The van der Waals surface area contributed by atoms with E-state index < -0.39 is 6.04 Å². The van der Waals surface area contributed by atoms with Crippen LogP contribution < -0.4 is 10.2 Å². The monoisotopic (exact) mass is 478 g/mol. The number of allylic oxidation sites excluding steroid dienone is 1. The molecule has 0 radical (unpaired) electrons. The summed E-state index contributed by atoms with van der Waals surface area (Å²) in [6.45, 7) is 10.2. The third-order valence-electron chi connectivity index (χ3n) is 6.92. The van der Waals surface area contributed by atoms with Gasteiger partial charge in [0.15, 0.2) is 0 Å². The number of aromatic nitrogens is 2. The van der Waals surface area contributed by atoms with E-state index in [4.69, 9.17) is 9.51 Å². The predicted octanol–water partition coefficient (Wildman–Crippen LogP) is 6.93. The predicted molar refractivity (Wildman–Crippen MR) is 143 cm³/mol. The molecule has 0 fully saturated rings. The van der Waals surface area contributed by atoms with E-state index in [0.29, 0.717) is 11.7 Å². The second-order valence-corrected chi connectivity index (χ2v) is 9.37. The van der Waals surface area contributed by atoms with Crippen LogP contribution in [0.4, 0.5) is 10.5 Å². The Balaban J connectivity index is 1.65. The summed E-state index contributed by atoms with van der Waals surface area (Å²) in [6, 6.07) is 21.7. The lowest BCUT2D eigenvalue weighted by molar-refractivity contribution is 0.244. The van der Waals surface area contributed by atoms with Crippen LogP contribution in [0.2, 0.25) is 0 Å². The quantitative estimate of drug-likeness (QED) is 0.338. The van der Waals surface area contributed by atoms with Gasteiger partial charge in [0.1, 0.15) is 0 Å². The van der Waals surface area contributed by atoms with Crippen LogP contribution in [0.5, 0.6) is 0 Å². The fourth-order valence-corrected chi connectivity index (χ4v) is 4.54. The van der Waals surface area contributed by atoms with E-state index in [1.807, 2.05) is 63.2 Å². The topological polar surface area (TPSA) is 71.3 Å². The molecule has 6 nitrogen and oxygen atoms in total. The third kappa shape index (κ3) is 4.31. The second kappa shape index (κ2) is 9.46. The number of anilines is 1. The molecule has 182 valence electrons. The molecular weight excluding hydrogens is 448 g/mol. The van der Waals surface area contributed by atoms with Crippen molar-refractivity contribution in [2.24, 2.45) is 0 Å². The summed E-state index contributed by atoms with van der Waals surface area (Å²) in [6.07, 6.45) is 0.948. The van der Waals surface area contributed by atoms with Crippen molar-refractivity contribution in [1.29, 1.82) is 0 Å². The van der Waals surface area contributed by atoms with E-state index in [0.717, 1.165) is 45.6 Å². The normalized spacial score (nSPS) is 15.9. The Hall–Kier alpha value is -4.19. The summed E-state index contributed by atoms with van der Waals surface area (Å²) in [7, 11) is 0. The molecular formula is C30H30N4O2. The van der Waals surface area contributed by atoms with E-state index >= 15 is 0 Å². The summed E-state index contributed by atoms with van der Waals surface area (Å²) < 4.78 is 5.82. The summed E-state index contributed by atoms with van der Waals surface area (Å²) >= 11 is 0. The van der Waals surface area contributed by atoms with E-state index in [1.165, 1.54) is 11.1 Å². The first kappa shape index (κ1) is 23.5. The Bertz CT molecular complexity index is 1450. The Morgan fingerprint density at radius 1 is 0.917 bits per heavy atom. The number of amides is 2. The van der Waals surface area contributed by atoms with Crippen molar-refractivity contribution in [2.75, 3.05) is 4.90 Å². The largest absolute Gasteiger partial charge is 0.334 e. The third-order valence-corrected chi connectivity index (χ3v) is 6.92. The van der Waals surface area contributed by atoms with Crippen molar-refractivity contribution >= 4 is 17.3 Å². The van der Waals surface area contributed by atoms with Crippen molar-refractivity contribution in [3.63, 3.8) is 0 Å². The van der Waals surface area contributed by atoms with Gasteiger partial charge >= 0.3 is 6.03 Å². The van der Waals surface area contributed by atoms with Gasteiger partial charge in [-0.1, -0.05) is 72.2 Å². The minimum absolute atomic E-state index is 0.192. The number of carbonyl (C=O) groups is 1. The number of nitrogens with one attached hydrogen (secondary N) is 1. The zero-order valence-electron chi connectivity index (χ0n) is 21.3. The van der Waals surface area contributed by atoms with Gasteiger partial charge in [-0.25, -0.2) is 4.79 Å². The molecule has 0 saturated heterocycles. The van der Waals surface area contributed by atoms with Crippen LogP contribution in [-0.2, 0) is 6.42 Å². The van der Waals surface area contributed by atoms with Crippen LogP contribution in [-0.4, -0.2) is 16.2 Å². The maximum atomic E-state index is 13.5. The molecule has 36 heavy (non-hydrogen) atoms. The molecule has 1 aliphatic rings. The molecule has 1 N–H and O–H groups in total. The van der Waals surface area contributed by atoms with Crippen LogP contribution in [0.1, 0.15) is 53.6 Å². The van der Waals surface area contributed by atoms with E-state index in [-0.39, 0.29) is 6.03 Å². The Kier molecular flexibility index (Phi) is 6.18. The molecule has 6 heteroatoms. The Morgan fingerprint density at radius 3 is 2.31 bits per heavy atom. The number of carbonyl (C=O) groups excluding carboxylic acids is 1. The number of hydrogen-bond donors (Lipinski definition) is 1. The van der Waals surface area contributed by atoms with Crippen molar-refractivity contribution in [3.05, 3.63) is 106 Å². The molecule has 1 unspecified atom stereocenters. The van der Waals surface area contributed by atoms with E-state index in [1.54, 1.807) is 4.90 Å². The molecule has 0 saturated carbocycles. The average Bonchev–Trinajstić information content (AvgIpc) is 3.36. The lowest BCUT2D eigenvalue weighted by atomic mass is 9.93. The molecule has 4 aromatic rings. The molecule has 1 aliphatic heterocycles. The first-order valence-electron chi connectivity index (χ1n) is 12.2. The zero-order valence-corrected chi connectivity index (χ0v) is 21.3. The van der Waals surface area contributed by atoms with Crippen LogP contribution in [0, 0.1) is 20.8 Å². The molecule has 2 heterocycles. The lowest BCUT2D eigenvalue weighted by Gasteiger charge is -2.35. The average molecular weight is 479 g/mol. The number of benzene rings is 3. The number of hydrogen-bond acceptors (Lipinski definition) is 4. The highest BCUT2D eigenvalue weighted by Crippen LogP contribution is 2.39. The first-order chi connectivity index (χ1) is 17.4. The maximum absolute atomic E-state index is 13.5. The highest BCUT2D eigenvalue weighted by molar-refractivity contribution is 6.01. The minimum atomic E-state index is -0.419. The molecule has 2 amide bonds. The Morgan fingerprint density at radius 2 is 1.64 bits per heavy atom. The van der Waals surface area contributed by atoms with Gasteiger partial charge in [-0.15, -0.1) is 0 Å².